The largest absolute Gasteiger partial charge is 0.453 e. The van der Waals surface area contributed by atoms with Crippen LogP contribution in [-0.4, -0.2) is 20.3 Å². The maximum atomic E-state index is 6.28. The number of hydrogen-bond acceptors (Lipinski definition) is 10. The smallest absolute Gasteiger partial charge is 0.209 e. The zero-order chi connectivity index (χ0) is 41.3. The first-order chi connectivity index (χ1) is 30.6. The van der Waals surface area contributed by atoms with E-state index in [1.54, 1.807) is 0 Å². The highest BCUT2D eigenvalue weighted by atomic mass is 32.1. The van der Waals surface area contributed by atoms with Gasteiger partial charge in [-0.3, -0.25) is 0 Å². The summed E-state index contributed by atoms with van der Waals surface area (Å²) in [6, 6.07) is 58.5. The summed E-state index contributed by atoms with van der Waals surface area (Å²) in [7, 11) is 0. The Morgan fingerprint density at radius 2 is 0.774 bits per heavy atom. The van der Waals surface area contributed by atoms with E-state index in [0.717, 1.165) is 101 Å². The summed E-state index contributed by atoms with van der Waals surface area (Å²) in [5, 5.41) is 6.96. The molecule has 0 amide bonds. The molecular weight excluding hydrogens is 805 g/mol. The zero-order valence-corrected chi connectivity index (χ0v) is 34.1. The predicted octanol–water partition coefficient (Wildman–Crippen LogP) is 15.2. The van der Waals surface area contributed by atoms with Crippen LogP contribution in [0.1, 0.15) is 0 Å². The number of hydrogen-bond donors (Lipinski definition) is 0. The van der Waals surface area contributed by atoms with Crippen molar-refractivity contribution in [2.24, 2.45) is 9.98 Å². The topological polar surface area (TPSA) is 75.4 Å². The molecule has 10 heteroatoms. The third-order valence-corrected chi connectivity index (χ3v) is 11.7. The molecule has 0 fully saturated rings. The number of thiocarbonyl (C=S) groups is 2. The second kappa shape index (κ2) is 14.3. The summed E-state index contributed by atoms with van der Waals surface area (Å²) < 4.78 is 12.6. The average Bonchev–Trinajstić information content (AvgIpc) is 3.62. The number of anilines is 6. The van der Waals surface area contributed by atoms with Crippen LogP contribution >= 0.6 is 24.4 Å². The van der Waals surface area contributed by atoms with E-state index in [4.69, 9.17) is 43.9 Å². The van der Waals surface area contributed by atoms with Gasteiger partial charge in [-0.05, 0) is 149 Å². The number of benzene rings is 8. The van der Waals surface area contributed by atoms with Crippen molar-refractivity contribution in [2.45, 2.75) is 0 Å². The van der Waals surface area contributed by atoms with Crippen LogP contribution in [0.5, 0.6) is 23.0 Å². The first kappa shape index (κ1) is 35.8. The molecule has 0 N–H and O–H groups in total. The summed E-state index contributed by atoms with van der Waals surface area (Å²) in [6.07, 6.45) is 0. The molecular formula is C52H28N6O2S2. The molecule has 2 aliphatic heterocycles. The van der Waals surface area contributed by atoms with Crippen LogP contribution in [0, 0.1) is 0 Å². The molecule has 3 aliphatic rings. The van der Waals surface area contributed by atoms with Gasteiger partial charge in [0.25, 0.3) is 0 Å². The summed E-state index contributed by atoms with van der Waals surface area (Å²) >= 11 is 9.99. The fourth-order valence-electron chi connectivity index (χ4n) is 8.82. The molecule has 8 aromatic carbocycles. The lowest BCUT2D eigenvalue weighted by molar-refractivity contribution is 0.477. The molecule has 0 radical (unpaired) electrons. The summed E-state index contributed by atoms with van der Waals surface area (Å²) in [5.74, 6) is 3.70. The number of aromatic nitrogens is 2. The van der Waals surface area contributed by atoms with Gasteiger partial charge >= 0.3 is 0 Å². The van der Waals surface area contributed by atoms with Crippen molar-refractivity contribution in [3.8, 4) is 67.8 Å². The zero-order valence-electron chi connectivity index (χ0n) is 32.5. The Morgan fingerprint density at radius 1 is 0.419 bits per heavy atom. The minimum Gasteiger partial charge on any atom is -0.453 e. The van der Waals surface area contributed by atoms with Crippen LogP contribution in [0.15, 0.2) is 180 Å². The molecule has 1 aromatic heterocycles. The van der Waals surface area contributed by atoms with Crippen molar-refractivity contribution in [1.82, 2.24) is 9.97 Å². The molecule has 9 aromatic rings. The summed E-state index contributed by atoms with van der Waals surface area (Å²) in [5.41, 5.74) is 13.4. The number of isothiocyanates is 2. The Morgan fingerprint density at radius 3 is 1.13 bits per heavy atom. The Hall–Kier alpha value is -8.10. The Labute approximate surface area is 366 Å². The maximum absolute atomic E-state index is 6.28. The second-order valence-corrected chi connectivity index (χ2v) is 15.3. The number of fused-ring (bicyclic) bond motifs is 7. The molecule has 0 atom stereocenters. The number of nitrogens with zero attached hydrogens (tertiary/aromatic N) is 6. The Bertz CT molecular complexity index is 3140. The van der Waals surface area contributed by atoms with Crippen LogP contribution in [0.2, 0.25) is 0 Å². The van der Waals surface area contributed by atoms with E-state index in [1.165, 1.54) is 0 Å². The SMILES string of the molecule is S=C=Nc1nc2c(nc1N=C=S)-c1cc(-c3ccc(N4c5ccccc5Oc5ccccc54)cc3)cc3cc(-c4ccc(N5c6ccccc6Oc6ccccc65)cc4)cc-2c13. The highest BCUT2D eigenvalue weighted by molar-refractivity contribution is 7.78. The molecule has 0 unspecified atom stereocenters. The van der Waals surface area contributed by atoms with Gasteiger partial charge in [-0.1, -0.05) is 72.8 Å². The molecule has 0 saturated heterocycles. The molecule has 0 bridgehead atoms. The van der Waals surface area contributed by atoms with Crippen molar-refractivity contribution in [3.63, 3.8) is 0 Å². The van der Waals surface area contributed by atoms with Gasteiger partial charge < -0.3 is 19.3 Å². The van der Waals surface area contributed by atoms with Gasteiger partial charge in [-0.15, -0.1) is 0 Å². The van der Waals surface area contributed by atoms with E-state index in [9.17, 15) is 0 Å². The third-order valence-electron chi connectivity index (χ3n) is 11.5. The van der Waals surface area contributed by atoms with Gasteiger partial charge in [-0.2, -0.15) is 9.98 Å². The average molecular weight is 833 g/mol. The van der Waals surface area contributed by atoms with Crippen LogP contribution in [0.3, 0.4) is 0 Å². The summed E-state index contributed by atoms with van der Waals surface area (Å²) in [4.78, 5) is 22.9. The van der Waals surface area contributed by atoms with Crippen molar-refractivity contribution in [3.05, 3.63) is 170 Å². The number of para-hydroxylation sites is 8. The Kier molecular flexibility index (Phi) is 8.25. The van der Waals surface area contributed by atoms with Crippen LogP contribution in [0.4, 0.5) is 45.8 Å². The molecule has 8 nitrogen and oxygen atoms in total. The predicted molar refractivity (Wildman–Crippen MR) is 254 cm³/mol. The minimum absolute atomic E-state index is 0.236. The molecule has 0 saturated carbocycles. The van der Waals surface area contributed by atoms with E-state index >= 15 is 0 Å². The van der Waals surface area contributed by atoms with Gasteiger partial charge in [0.1, 0.15) is 0 Å². The fraction of sp³-hybridized carbons (Fsp3) is 0. The van der Waals surface area contributed by atoms with Gasteiger partial charge in [0.2, 0.25) is 11.6 Å². The van der Waals surface area contributed by atoms with Crippen molar-refractivity contribution < 1.29 is 9.47 Å². The molecule has 0 spiro atoms. The highest BCUT2D eigenvalue weighted by Gasteiger charge is 2.30. The van der Waals surface area contributed by atoms with Crippen molar-refractivity contribution >= 4 is 91.3 Å². The second-order valence-electron chi connectivity index (χ2n) is 15.0. The monoisotopic (exact) mass is 832 g/mol. The Balaban J connectivity index is 0.991. The van der Waals surface area contributed by atoms with E-state index in [1.807, 2.05) is 72.8 Å². The molecule has 290 valence electrons. The lowest BCUT2D eigenvalue weighted by Crippen LogP contribution is -2.15. The third kappa shape index (κ3) is 5.68. The highest BCUT2D eigenvalue weighted by Crippen LogP contribution is 2.54. The first-order valence-corrected chi connectivity index (χ1v) is 20.7. The standard InChI is InChI=1S/C52H28N6O2S2/c61-29-53-51-52(54-30-62)56-50-39-28-34(32-19-23-37(24-20-32)58-42-11-3-7-15-46(42)60-47-16-8-4-12-43(47)58)26-35-25-33(27-38(48(35)39)49(50)55-51)31-17-21-36(22-18-31)57-40-9-1-5-13-44(40)59-45-14-6-2-10-41(45)57/h1-28H. The van der Waals surface area contributed by atoms with E-state index < -0.39 is 0 Å². The number of ether oxygens (including phenoxy) is 2. The number of rotatable bonds is 6. The lowest BCUT2D eigenvalue weighted by Gasteiger charge is -2.32. The maximum Gasteiger partial charge on any atom is 0.209 e. The lowest BCUT2D eigenvalue weighted by atomic mass is 9.93. The van der Waals surface area contributed by atoms with Crippen molar-refractivity contribution in [2.75, 3.05) is 9.80 Å². The fourth-order valence-corrected chi connectivity index (χ4v) is 9.00. The molecule has 3 heterocycles. The van der Waals surface area contributed by atoms with Gasteiger partial charge in [-0.25, -0.2) is 9.97 Å². The van der Waals surface area contributed by atoms with Gasteiger partial charge in [0, 0.05) is 27.9 Å². The number of aliphatic imine (C=N–C) groups is 2. The molecule has 1 aliphatic carbocycles. The van der Waals surface area contributed by atoms with Gasteiger partial charge in [0.05, 0.1) is 44.5 Å². The van der Waals surface area contributed by atoms with E-state index in [2.05, 4.69) is 127 Å². The van der Waals surface area contributed by atoms with Crippen LogP contribution in [0.25, 0.3) is 55.5 Å². The molecule has 62 heavy (non-hydrogen) atoms. The normalized spacial score (nSPS) is 12.4. The van der Waals surface area contributed by atoms with Crippen LogP contribution in [-0.2, 0) is 0 Å². The van der Waals surface area contributed by atoms with Gasteiger partial charge in [0.15, 0.2) is 23.0 Å². The molecule has 12 rings (SSSR count). The van der Waals surface area contributed by atoms with E-state index in [-0.39, 0.29) is 11.6 Å². The first-order valence-electron chi connectivity index (χ1n) is 19.9. The summed E-state index contributed by atoms with van der Waals surface area (Å²) in [6.45, 7) is 0. The van der Waals surface area contributed by atoms with E-state index in [0.29, 0.717) is 11.4 Å². The minimum atomic E-state index is 0.236. The van der Waals surface area contributed by atoms with Crippen LogP contribution < -0.4 is 19.3 Å². The van der Waals surface area contributed by atoms with Crippen molar-refractivity contribution in [1.29, 1.82) is 0 Å². The quantitative estimate of drug-likeness (QED) is 0.121.